The van der Waals surface area contributed by atoms with Crippen molar-refractivity contribution >= 4 is 17.4 Å². The van der Waals surface area contributed by atoms with Crippen LogP contribution < -0.4 is 14.2 Å². The van der Waals surface area contributed by atoms with E-state index in [1.54, 1.807) is 50.6 Å². The Kier molecular flexibility index (Phi) is 8.17. The highest BCUT2D eigenvalue weighted by Crippen LogP contribution is 2.42. The topological polar surface area (TPSA) is 94.5 Å². The molecule has 0 saturated carbocycles. The van der Waals surface area contributed by atoms with E-state index in [2.05, 4.69) is 0 Å². The van der Waals surface area contributed by atoms with Gasteiger partial charge in [-0.3, -0.25) is 9.59 Å². The number of ketones is 1. The Balaban J connectivity index is 2.16. The first kappa shape index (κ1) is 25.1. The average molecular weight is 470 g/mol. The Labute approximate surface area is 199 Å². The van der Waals surface area contributed by atoms with E-state index in [-0.39, 0.29) is 17.9 Å². The van der Waals surface area contributed by atoms with Crippen LogP contribution in [-0.2, 0) is 14.3 Å². The number of amides is 1. The van der Waals surface area contributed by atoms with E-state index in [1.165, 1.54) is 12.0 Å². The predicted molar refractivity (Wildman–Crippen MR) is 127 cm³/mol. The van der Waals surface area contributed by atoms with Gasteiger partial charge >= 0.3 is 0 Å². The van der Waals surface area contributed by atoms with Crippen LogP contribution >= 0.6 is 0 Å². The molecule has 0 aromatic heterocycles. The minimum Gasteiger partial charge on any atom is -0.507 e. The summed E-state index contributed by atoms with van der Waals surface area (Å²) >= 11 is 0. The lowest BCUT2D eigenvalue weighted by Gasteiger charge is -2.26. The molecule has 1 saturated heterocycles. The number of methoxy groups -OCH3 is 3. The number of aliphatic hydroxyl groups is 1. The molecule has 1 atom stereocenters. The number of Topliss-reactive ketones (excluding diaryl/α,β-unsaturated/α-hetero) is 1. The molecule has 1 heterocycles. The third-order valence-corrected chi connectivity index (χ3v) is 5.76. The van der Waals surface area contributed by atoms with Crippen molar-refractivity contribution < 1.29 is 33.6 Å². The van der Waals surface area contributed by atoms with E-state index in [9.17, 15) is 14.7 Å². The Morgan fingerprint density at radius 2 is 1.71 bits per heavy atom. The zero-order chi connectivity index (χ0) is 24.8. The highest BCUT2D eigenvalue weighted by atomic mass is 16.5. The molecule has 2 aromatic rings. The first-order valence-electron chi connectivity index (χ1n) is 11.1. The summed E-state index contributed by atoms with van der Waals surface area (Å²) < 4.78 is 21.5. The molecule has 182 valence electrons. The third kappa shape index (κ3) is 4.87. The highest BCUT2D eigenvalue weighted by Gasteiger charge is 2.46. The number of aliphatic hydroxyl groups excluding tert-OH is 1. The Morgan fingerprint density at radius 1 is 1.00 bits per heavy atom. The SMILES string of the molecule is CCOc1ccc(C2/C(=C(/O)c3ccc(OC)c(C)c3)C(=O)C(=O)N2CCCOC)cc1OC. The minimum atomic E-state index is -0.788. The van der Waals surface area contributed by atoms with Gasteiger partial charge in [-0.2, -0.15) is 0 Å². The van der Waals surface area contributed by atoms with Gasteiger partial charge in [0.25, 0.3) is 11.7 Å². The molecule has 34 heavy (non-hydrogen) atoms. The van der Waals surface area contributed by atoms with Crippen LogP contribution in [0.25, 0.3) is 5.76 Å². The second-order valence-electron chi connectivity index (χ2n) is 7.87. The molecule has 0 bridgehead atoms. The number of nitrogens with zero attached hydrogens (tertiary/aromatic N) is 1. The van der Waals surface area contributed by atoms with Crippen LogP contribution in [0.4, 0.5) is 0 Å². The van der Waals surface area contributed by atoms with Crippen molar-refractivity contribution in [3.05, 3.63) is 58.7 Å². The van der Waals surface area contributed by atoms with Crippen molar-refractivity contribution in [2.45, 2.75) is 26.3 Å². The van der Waals surface area contributed by atoms with Crippen LogP contribution in [0.3, 0.4) is 0 Å². The van der Waals surface area contributed by atoms with Gasteiger partial charge in [0, 0.05) is 25.8 Å². The molecule has 3 rings (SSSR count). The van der Waals surface area contributed by atoms with Gasteiger partial charge in [-0.1, -0.05) is 6.07 Å². The largest absolute Gasteiger partial charge is 0.507 e. The maximum atomic E-state index is 13.2. The molecule has 2 aromatic carbocycles. The number of hydrogen-bond acceptors (Lipinski definition) is 7. The van der Waals surface area contributed by atoms with Crippen LogP contribution in [0.1, 0.15) is 36.1 Å². The average Bonchev–Trinajstić information content (AvgIpc) is 3.09. The molecule has 8 nitrogen and oxygen atoms in total. The van der Waals surface area contributed by atoms with E-state index in [4.69, 9.17) is 18.9 Å². The highest BCUT2D eigenvalue weighted by molar-refractivity contribution is 6.46. The second kappa shape index (κ2) is 11.1. The Hall–Kier alpha value is -3.52. The Bertz CT molecular complexity index is 1090. The first-order valence-corrected chi connectivity index (χ1v) is 11.1. The molecular weight excluding hydrogens is 438 g/mol. The molecule has 1 aliphatic rings. The third-order valence-electron chi connectivity index (χ3n) is 5.76. The summed E-state index contributed by atoms with van der Waals surface area (Å²) in [6.45, 7) is 4.89. The molecular formula is C26H31NO7. The number of aryl methyl sites for hydroxylation is 1. The van der Waals surface area contributed by atoms with Gasteiger partial charge in [0.1, 0.15) is 11.5 Å². The number of carbonyl (C=O) groups is 2. The van der Waals surface area contributed by atoms with E-state index in [0.29, 0.717) is 48.0 Å². The van der Waals surface area contributed by atoms with Gasteiger partial charge in [-0.15, -0.1) is 0 Å². The first-order chi connectivity index (χ1) is 16.4. The zero-order valence-corrected chi connectivity index (χ0v) is 20.2. The number of carbonyl (C=O) groups excluding carboxylic acids is 2. The monoisotopic (exact) mass is 469 g/mol. The lowest BCUT2D eigenvalue weighted by atomic mass is 9.94. The number of likely N-dealkylation sites (tertiary alicyclic amines) is 1. The molecule has 0 radical (unpaired) electrons. The number of hydrogen-bond donors (Lipinski definition) is 1. The lowest BCUT2D eigenvalue weighted by molar-refractivity contribution is -0.140. The molecule has 1 fully saturated rings. The fourth-order valence-electron chi connectivity index (χ4n) is 4.15. The van der Waals surface area contributed by atoms with E-state index >= 15 is 0 Å². The second-order valence-corrected chi connectivity index (χ2v) is 7.87. The minimum absolute atomic E-state index is 0.0261. The van der Waals surface area contributed by atoms with Gasteiger partial charge in [0.2, 0.25) is 0 Å². The van der Waals surface area contributed by atoms with E-state index in [0.717, 1.165) is 5.56 Å². The number of benzene rings is 2. The zero-order valence-electron chi connectivity index (χ0n) is 20.2. The molecule has 0 aliphatic carbocycles. The van der Waals surface area contributed by atoms with Gasteiger partial charge in [-0.05, 0) is 61.7 Å². The normalized spacial score (nSPS) is 17.2. The van der Waals surface area contributed by atoms with E-state index < -0.39 is 17.7 Å². The molecule has 0 spiro atoms. The summed E-state index contributed by atoms with van der Waals surface area (Å²) in [5.74, 6) is 0.0422. The summed E-state index contributed by atoms with van der Waals surface area (Å²) in [5, 5.41) is 11.2. The van der Waals surface area contributed by atoms with Crippen molar-refractivity contribution in [3.63, 3.8) is 0 Å². The molecule has 1 N–H and O–H groups in total. The van der Waals surface area contributed by atoms with Gasteiger partial charge in [-0.25, -0.2) is 0 Å². The van der Waals surface area contributed by atoms with Gasteiger partial charge in [0.15, 0.2) is 11.5 Å². The van der Waals surface area contributed by atoms with Gasteiger partial charge < -0.3 is 29.0 Å². The summed E-state index contributed by atoms with van der Waals surface area (Å²) in [6, 6.07) is 9.57. The summed E-state index contributed by atoms with van der Waals surface area (Å²) in [6.07, 6.45) is 0.538. The van der Waals surface area contributed by atoms with Crippen LogP contribution in [0.15, 0.2) is 42.0 Å². The van der Waals surface area contributed by atoms with Crippen molar-refractivity contribution in [1.29, 1.82) is 0 Å². The van der Waals surface area contributed by atoms with Crippen LogP contribution in [0.5, 0.6) is 17.2 Å². The van der Waals surface area contributed by atoms with Crippen LogP contribution in [-0.4, -0.2) is 62.8 Å². The van der Waals surface area contributed by atoms with Crippen LogP contribution in [0, 0.1) is 6.92 Å². The number of rotatable bonds is 10. The van der Waals surface area contributed by atoms with E-state index in [1.807, 2.05) is 13.8 Å². The Morgan fingerprint density at radius 3 is 2.32 bits per heavy atom. The van der Waals surface area contributed by atoms with Crippen molar-refractivity contribution in [2.24, 2.45) is 0 Å². The number of ether oxygens (including phenoxy) is 4. The van der Waals surface area contributed by atoms with Crippen molar-refractivity contribution in [1.82, 2.24) is 4.90 Å². The molecule has 8 heteroatoms. The quantitative estimate of drug-likeness (QED) is 0.244. The van der Waals surface area contributed by atoms with Crippen molar-refractivity contribution in [3.8, 4) is 17.2 Å². The predicted octanol–water partition coefficient (Wildman–Crippen LogP) is 3.87. The summed E-state index contributed by atoms with van der Waals surface area (Å²) in [7, 11) is 4.67. The van der Waals surface area contributed by atoms with Gasteiger partial charge in [0.05, 0.1) is 32.4 Å². The summed E-state index contributed by atoms with van der Waals surface area (Å²) in [4.78, 5) is 27.7. The summed E-state index contributed by atoms with van der Waals surface area (Å²) in [5.41, 5.74) is 1.87. The fourth-order valence-corrected chi connectivity index (χ4v) is 4.15. The smallest absolute Gasteiger partial charge is 0.295 e. The fraction of sp³-hybridized carbons (Fsp3) is 0.385. The lowest BCUT2D eigenvalue weighted by Crippen LogP contribution is -2.31. The molecule has 1 aliphatic heterocycles. The maximum Gasteiger partial charge on any atom is 0.295 e. The van der Waals surface area contributed by atoms with Crippen molar-refractivity contribution in [2.75, 3.05) is 41.1 Å². The molecule has 1 amide bonds. The standard InChI is InChI=1S/C26H31NO7/c1-6-34-20-11-8-17(15-21(20)33-5)23-22(25(29)26(30)27(23)12-7-13-31-3)24(28)18-9-10-19(32-4)16(2)14-18/h8-11,14-15,23,28H,6-7,12-13H2,1-5H3/b24-22-. The molecule has 1 unspecified atom stereocenters. The maximum absolute atomic E-state index is 13.2. The van der Waals surface area contributed by atoms with Crippen LogP contribution in [0.2, 0.25) is 0 Å².